The average molecular weight is 205 g/mol. The molecule has 2 aliphatic heterocycles. The summed E-state index contributed by atoms with van der Waals surface area (Å²) in [6, 6.07) is 9.63. The molecule has 0 aliphatic carbocycles. The summed E-state index contributed by atoms with van der Waals surface area (Å²) in [7, 11) is 0. The van der Waals surface area contributed by atoms with Crippen molar-refractivity contribution in [1.82, 2.24) is 5.32 Å². The van der Waals surface area contributed by atoms with Gasteiger partial charge in [-0.2, -0.15) is 0 Å². The Morgan fingerprint density at radius 1 is 1.29 bits per heavy atom. The highest BCUT2D eigenvalue weighted by atomic mass is 32.2. The summed E-state index contributed by atoms with van der Waals surface area (Å²) in [6.45, 7) is 1.22. The zero-order chi connectivity index (χ0) is 9.38. The van der Waals surface area contributed by atoms with E-state index in [9.17, 15) is 0 Å². The third-order valence-electron chi connectivity index (χ3n) is 3.32. The molecule has 14 heavy (non-hydrogen) atoms. The number of hydrogen-bond acceptors (Lipinski definition) is 2. The molecule has 1 aromatic carbocycles. The molecule has 0 spiro atoms. The lowest BCUT2D eigenvalue weighted by Crippen LogP contribution is -2.28. The van der Waals surface area contributed by atoms with E-state index in [0.29, 0.717) is 0 Å². The second-order valence-corrected chi connectivity index (χ2v) is 5.22. The first kappa shape index (κ1) is 8.81. The minimum atomic E-state index is 0.742. The summed E-state index contributed by atoms with van der Waals surface area (Å²) in [5.74, 6) is 2.04. The summed E-state index contributed by atoms with van der Waals surface area (Å²) >= 11 is 2.02. The van der Waals surface area contributed by atoms with Gasteiger partial charge in [-0.05, 0) is 31.0 Å². The van der Waals surface area contributed by atoms with Gasteiger partial charge in [-0.3, -0.25) is 0 Å². The summed E-state index contributed by atoms with van der Waals surface area (Å²) in [6.07, 6.45) is 2.72. The van der Waals surface area contributed by atoms with E-state index in [-0.39, 0.29) is 0 Å². The van der Waals surface area contributed by atoms with Crippen LogP contribution in [0.1, 0.15) is 24.3 Å². The SMILES string of the molecule is c1ccc2c(c1)SCC2C1CCCN1. The minimum Gasteiger partial charge on any atom is -0.313 e. The van der Waals surface area contributed by atoms with Crippen LogP contribution in [0.15, 0.2) is 29.2 Å². The van der Waals surface area contributed by atoms with Crippen LogP contribution in [-0.2, 0) is 0 Å². The van der Waals surface area contributed by atoms with Gasteiger partial charge >= 0.3 is 0 Å². The van der Waals surface area contributed by atoms with Gasteiger partial charge in [0, 0.05) is 22.6 Å². The third kappa shape index (κ3) is 1.37. The Balaban J connectivity index is 1.89. The molecule has 1 saturated heterocycles. The maximum Gasteiger partial charge on any atom is 0.0145 e. The highest BCUT2D eigenvalue weighted by Gasteiger charge is 2.31. The molecule has 0 aromatic heterocycles. The van der Waals surface area contributed by atoms with Gasteiger partial charge < -0.3 is 5.32 Å². The van der Waals surface area contributed by atoms with Crippen molar-refractivity contribution in [3.63, 3.8) is 0 Å². The van der Waals surface area contributed by atoms with Crippen molar-refractivity contribution in [2.45, 2.75) is 29.7 Å². The Bertz CT molecular complexity index is 331. The van der Waals surface area contributed by atoms with E-state index < -0.39 is 0 Å². The first-order chi connectivity index (χ1) is 6.95. The molecule has 0 saturated carbocycles. The van der Waals surface area contributed by atoms with Crippen LogP contribution in [0.4, 0.5) is 0 Å². The summed E-state index contributed by atoms with van der Waals surface area (Å²) < 4.78 is 0. The molecular weight excluding hydrogens is 190 g/mol. The van der Waals surface area contributed by atoms with E-state index in [4.69, 9.17) is 0 Å². The molecule has 1 fully saturated rings. The highest BCUT2D eigenvalue weighted by molar-refractivity contribution is 7.99. The summed E-state index contributed by atoms with van der Waals surface area (Å²) in [5.41, 5.74) is 1.58. The summed E-state index contributed by atoms with van der Waals surface area (Å²) in [4.78, 5) is 1.51. The van der Waals surface area contributed by atoms with E-state index in [1.807, 2.05) is 11.8 Å². The lowest BCUT2D eigenvalue weighted by molar-refractivity contribution is 0.524. The monoisotopic (exact) mass is 205 g/mol. The van der Waals surface area contributed by atoms with Gasteiger partial charge in [0.2, 0.25) is 0 Å². The van der Waals surface area contributed by atoms with E-state index in [2.05, 4.69) is 29.6 Å². The van der Waals surface area contributed by atoms with Crippen molar-refractivity contribution in [2.75, 3.05) is 12.3 Å². The van der Waals surface area contributed by atoms with E-state index >= 15 is 0 Å². The van der Waals surface area contributed by atoms with E-state index in [0.717, 1.165) is 12.0 Å². The number of rotatable bonds is 1. The fourth-order valence-electron chi connectivity index (χ4n) is 2.58. The van der Waals surface area contributed by atoms with Crippen LogP contribution in [0.5, 0.6) is 0 Å². The molecule has 74 valence electrons. The maximum absolute atomic E-state index is 3.63. The maximum atomic E-state index is 3.63. The lowest BCUT2D eigenvalue weighted by atomic mass is 9.92. The molecule has 1 N–H and O–H groups in total. The Kier molecular flexibility index (Phi) is 2.26. The second kappa shape index (κ2) is 3.59. The van der Waals surface area contributed by atoms with Gasteiger partial charge in [0.25, 0.3) is 0 Å². The number of thioether (sulfide) groups is 1. The van der Waals surface area contributed by atoms with Crippen LogP contribution in [0.3, 0.4) is 0 Å². The zero-order valence-corrected chi connectivity index (χ0v) is 9.02. The van der Waals surface area contributed by atoms with Gasteiger partial charge in [-0.1, -0.05) is 18.2 Å². The molecule has 2 aliphatic rings. The van der Waals surface area contributed by atoms with Gasteiger partial charge in [-0.15, -0.1) is 11.8 Å². The summed E-state index contributed by atoms with van der Waals surface area (Å²) in [5, 5.41) is 3.63. The molecule has 0 amide bonds. The predicted molar refractivity (Wildman–Crippen MR) is 60.9 cm³/mol. The number of benzene rings is 1. The Morgan fingerprint density at radius 3 is 3.07 bits per heavy atom. The zero-order valence-electron chi connectivity index (χ0n) is 8.20. The highest BCUT2D eigenvalue weighted by Crippen LogP contribution is 2.42. The van der Waals surface area contributed by atoms with Crippen LogP contribution in [0.25, 0.3) is 0 Å². The third-order valence-corrected chi connectivity index (χ3v) is 4.53. The van der Waals surface area contributed by atoms with E-state index in [1.54, 1.807) is 5.56 Å². The van der Waals surface area contributed by atoms with E-state index in [1.165, 1.54) is 30.0 Å². The average Bonchev–Trinajstić information content (AvgIpc) is 2.85. The van der Waals surface area contributed by atoms with Crippen LogP contribution in [0.2, 0.25) is 0 Å². The van der Waals surface area contributed by atoms with Crippen molar-refractivity contribution < 1.29 is 0 Å². The van der Waals surface area contributed by atoms with Gasteiger partial charge in [0.05, 0.1) is 0 Å². The molecule has 3 rings (SSSR count). The lowest BCUT2D eigenvalue weighted by Gasteiger charge is -2.18. The molecule has 2 heterocycles. The number of hydrogen-bond donors (Lipinski definition) is 1. The van der Waals surface area contributed by atoms with Gasteiger partial charge in [0.1, 0.15) is 0 Å². The number of nitrogens with one attached hydrogen (secondary N) is 1. The molecule has 2 atom stereocenters. The van der Waals surface area contributed by atoms with Gasteiger partial charge in [-0.25, -0.2) is 0 Å². The molecular formula is C12H15NS. The largest absolute Gasteiger partial charge is 0.313 e. The standard InChI is InChI=1S/C12H15NS/c1-2-6-12-9(4-1)10(8-14-12)11-5-3-7-13-11/h1-2,4,6,10-11,13H,3,5,7-8H2. The first-order valence-corrected chi connectivity index (χ1v) is 6.39. The minimum absolute atomic E-state index is 0.742. The van der Waals surface area contributed by atoms with Crippen molar-refractivity contribution >= 4 is 11.8 Å². The Labute approximate surface area is 89.3 Å². The molecule has 1 nitrogen and oxygen atoms in total. The van der Waals surface area contributed by atoms with Crippen molar-refractivity contribution in [1.29, 1.82) is 0 Å². The molecule has 2 unspecified atom stereocenters. The number of fused-ring (bicyclic) bond motifs is 1. The van der Waals surface area contributed by atoms with Crippen LogP contribution >= 0.6 is 11.8 Å². The van der Waals surface area contributed by atoms with Crippen molar-refractivity contribution in [3.05, 3.63) is 29.8 Å². The fraction of sp³-hybridized carbons (Fsp3) is 0.500. The second-order valence-electron chi connectivity index (χ2n) is 4.16. The predicted octanol–water partition coefficient (Wildman–Crippen LogP) is 2.63. The van der Waals surface area contributed by atoms with Crippen LogP contribution in [0, 0.1) is 0 Å². The van der Waals surface area contributed by atoms with Crippen molar-refractivity contribution in [2.24, 2.45) is 0 Å². The Morgan fingerprint density at radius 2 is 2.21 bits per heavy atom. The molecule has 0 radical (unpaired) electrons. The van der Waals surface area contributed by atoms with Gasteiger partial charge in [0.15, 0.2) is 0 Å². The Hall–Kier alpha value is -0.470. The fourth-order valence-corrected chi connectivity index (χ4v) is 3.91. The molecule has 1 aromatic rings. The van der Waals surface area contributed by atoms with Crippen LogP contribution in [-0.4, -0.2) is 18.3 Å². The van der Waals surface area contributed by atoms with Crippen molar-refractivity contribution in [3.8, 4) is 0 Å². The van der Waals surface area contributed by atoms with Crippen LogP contribution < -0.4 is 5.32 Å². The quantitative estimate of drug-likeness (QED) is 0.756. The normalized spacial score (nSPS) is 30.6. The molecule has 0 bridgehead atoms. The smallest absolute Gasteiger partial charge is 0.0145 e. The molecule has 2 heteroatoms. The topological polar surface area (TPSA) is 12.0 Å². The first-order valence-electron chi connectivity index (χ1n) is 5.40.